The molecule has 0 bridgehead atoms. The van der Waals surface area contributed by atoms with Gasteiger partial charge in [-0.2, -0.15) is 5.10 Å². The molecular weight excluding hydrogens is 373 g/mol. The normalized spacial score (nSPS) is 10.9. The number of carbonyl (C=O) groups excluding carboxylic acids is 1. The van der Waals surface area contributed by atoms with E-state index in [2.05, 4.69) is 20.6 Å². The Morgan fingerprint density at radius 1 is 1.10 bits per heavy atom. The first-order valence-corrected chi connectivity index (χ1v) is 8.91. The van der Waals surface area contributed by atoms with E-state index in [9.17, 15) is 9.18 Å². The minimum absolute atomic E-state index is 0.148. The van der Waals surface area contributed by atoms with Gasteiger partial charge in [0.25, 0.3) is 5.91 Å². The quantitative estimate of drug-likeness (QED) is 0.572. The van der Waals surface area contributed by atoms with Crippen LogP contribution in [-0.4, -0.2) is 32.8 Å². The van der Waals surface area contributed by atoms with Crippen molar-refractivity contribution in [2.75, 3.05) is 12.4 Å². The number of ether oxygens (including phenoxy) is 1. The summed E-state index contributed by atoms with van der Waals surface area (Å²) in [7, 11) is 1.54. The van der Waals surface area contributed by atoms with Gasteiger partial charge in [0, 0.05) is 5.56 Å². The summed E-state index contributed by atoms with van der Waals surface area (Å²) in [5.41, 5.74) is 4.16. The highest BCUT2D eigenvalue weighted by molar-refractivity contribution is 6.04. The third-order valence-electron chi connectivity index (χ3n) is 4.62. The number of nitrogens with zero attached hydrogens (tertiary/aromatic N) is 4. The fourth-order valence-corrected chi connectivity index (χ4v) is 3.10. The molecule has 0 aliphatic heterocycles. The third kappa shape index (κ3) is 3.40. The van der Waals surface area contributed by atoms with Crippen LogP contribution >= 0.6 is 0 Å². The summed E-state index contributed by atoms with van der Waals surface area (Å²) in [6.07, 6.45) is 1.62. The van der Waals surface area contributed by atoms with Crippen molar-refractivity contribution in [3.8, 4) is 16.9 Å². The van der Waals surface area contributed by atoms with Gasteiger partial charge < -0.3 is 10.1 Å². The number of hydrogen-bond donors (Lipinski definition) is 1. The molecule has 0 fully saturated rings. The molecule has 8 heteroatoms. The highest BCUT2D eigenvalue weighted by Gasteiger charge is 2.19. The molecule has 0 aliphatic carbocycles. The maximum atomic E-state index is 13.2. The first-order chi connectivity index (χ1) is 14.0. The van der Waals surface area contributed by atoms with Gasteiger partial charge >= 0.3 is 0 Å². The molecule has 29 heavy (non-hydrogen) atoms. The van der Waals surface area contributed by atoms with E-state index < -0.39 is 5.91 Å². The molecule has 0 unspecified atom stereocenters. The van der Waals surface area contributed by atoms with E-state index in [0.717, 1.165) is 11.1 Å². The zero-order chi connectivity index (χ0) is 20.5. The largest absolute Gasteiger partial charge is 0.495 e. The van der Waals surface area contributed by atoms with Crippen LogP contribution in [0.4, 0.5) is 10.1 Å². The molecule has 1 N–H and O–H groups in total. The van der Waals surface area contributed by atoms with Crippen LogP contribution in [0.15, 0.2) is 48.7 Å². The Balaban J connectivity index is 1.70. The van der Waals surface area contributed by atoms with E-state index >= 15 is 0 Å². The molecule has 1 amide bonds. The van der Waals surface area contributed by atoms with Crippen molar-refractivity contribution in [1.29, 1.82) is 0 Å². The van der Waals surface area contributed by atoms with Crippen LogP contribution < -0.4 is 10.1 Å². The number of hydrogen-bond acceptors (Lipinski definition) is 5. The summed E-state index contributed by atoms with van der Waals surface area (Å²) in [6, 6.07) is 11.5. The number of anilines is 1. The van der Waals surface area contributed by atoms with Gasteiger partial charge in [-0.05, 0) is 49.2 Å². The molecule has 0 radical (unpaired) electrons. The second kappa shape index (κ2) is 7.31. The SMILES string of the molecule is COc1ccc(C)cc1NC(=O)c1nnc2c(-c3ccc(F)cc3)cnn2c1C. The van der Waals surface area contributed by atoms with Gasteiger partial charge in [0.05, 0.1) is 24.7 Å². The number of nitrogens with one attached hydrogen (secondary N) is 1. The lowest BCUT2D eigenvalue weighted by Gasteiger charge is -2.11. The molecule has 0 atom stereocenters. The topological polar surface area (TPSA) is 81.4 Å². The van der Waals surface area contributed by atoms with Crippen LogP contribution in [0.1, 0.15) is 21.7 Å². The molecule has 4 aromatic rings. The Morgan fingerprint density at radius 2 is 1.86 bits per heavy atom. The van der Waals surface area contributed by atoms with E-state index in [1.54, 1.807) is 35.8 Å². The van der Waals surface area contributed by atoms with Crippen molar-refractivity contribution in [2.24, 2.45) is 0 Å². The summed E-state index contributed by atoms with van der Waals surface area (Å²) >= 11 is 0. The number of methoxy groups -OCH3 is 1. The minimum atomic E-state index is -0.417. The molecular formula is C21H18FN5O2. The highest BCUT2D eigenvalue weighted by Crippen LogP contribution is 2.27. The smallest absolute Gasteiger partial charge is 0.278 e. The lowest BCUT2D eigenvalue weighted by molar-refractivity contribution is 0.101. The second-order valence-corrected chi connectivity index (χ2v) is 6.59. The molecule has 2 aromatic heterocycles. The summed E-state index contributed by atoms with van der Waals surface area (Å²) < 4.78 is 20.1. The minimum Gasteiger partial charge on any atom is -0.495 e. The molecule has 0 saturated heterocycles. The van der Waals surface area contributed by atoms with E-state index in [1.807, 2.05) is 19.1 Å². The van der Waals surface area contributed by atoms with Crippen LogP contribution in [0, 0.1) is 19.7 Å². The molecule has 146 valence electrons. The predicted molar refractivity (Wildman–Crippen MR) is 107 cm³/mol. The van der Waals surface area contributed by atoms with E-state index in [4.69, 9.17) is 4.74 Å². The molecule has 4 rings (SSSR count). The highest BCUT2D eigenvalue weighted by atomic mass is 19.1. The first-order valence-electron chi connectivity index (χ1n) is 8.91. The number of aryl methyl sites for hydroxylation is 2. The monoisotopic (exact) mass is 391 g/mol. The van der Waals surface area contributed by atoms with Gasteiger partial charge in [0.2, 0.25) is 0 Å². The van der Waals surface area contributed by atoms with Gasteiger partial charge in [-0.25, -0.2) is 8.91 Å². The lowest BCUT2D eigenvalue weighted by atomic mass is 10.1. The van der Waals surface area contributed by atoms with E-state index in [1.165, 1.54) is 19.2 Å². The maximum Gasteiger partial charge on any atom is 0.278 e. The molecule has 2 aromatic carbocycles. The maximum absolute atomic E-state index is 13.2. The van der Waals surface area contributed by atoms with Gasteiger partial charge in [-0.3, -0.25) is 4.79 Å². The van der Waals surface area contributed by atoms with E-state index in [-0.39, 0.29) is 11.5 Å². The summed E-state index contributed by atoms with van der Waals surface area (Å²) in [5.74, 6) is -0.189. The Kier molecular flexibility index (Phi) is 4.67. The number of benzene rings is 2. The molecule has 2 heterocycles. The van der Waals surface area contributed by atoms with Crippen molar-refractivity contribution in [3.63, 3.8) is 0 Å². The first kappa shape index (κ1) is 18.5. The van der Waals surface area contributed by atoms with Crippen LogP contribution in [0.25, 0.3) is 16.8 Å². The lowest BCUT2D eigenvalue weighted by Crippen LogP contribution is -2.19. The van der Waals surface area contributed by atoms with Gasteiger partial charge in [-0.1, -0.05) is 18.2 Å². The second-order valence-electron chi connectivity index (χ2n) is 6.59. The standard InChI is InChI=1S/C21H18FN5O2/c1-12-4-9-18(29-3)17(10-12)24-21(28)19-13(2)27-20(26-25-19)16(11-23-27)14-5-7-15(22)8-6-14/h4-11H,1-3H3,(H,24,28). The third-order valence-corrected chi connectivity index (χ3v) is 4.62. The predicted octanol–water partition coefficient (Wildman–Crippen LogP) is 3.81. The summed E-state index contributed by atoms with van der Waals surface area (Å²) in [4.78, 5) is 12.8. The van der Waals surface area contributed by atoms with Crippen LogP contribution in [0.2, 0.25) is 0 Å². The number of halogens is 1. The average molecular weight is 391 g/mol. The number of rotatable bonds is 4. The van der Waals surface area contributed by atoms with Crippen molar-refractivity contribution in [3.05, 3.63) is 71.4 Å². The van der Waals surface area contributed by atoms with Crippen LogP contribution in [0.3, 0.4) is 0 Å². The Hall–Kier alpha value is -3.81. The zero-order valence-electron chi connectivity index (χ0n) is 16.1. The number of aromatic nitrogens is 4. The number of amides is 1. The van der Waals surface area contributed by atoms with Crippen LogP contribution in [0.5, 0.6) is 5.75 Å². The van der Waals surface area contributed by atoms with Crippen molar-refractivity contribution < 1.29 is 13.9 Å². The average Bonchev–Trinajstić information content (AvgIpc) is 3.14. The Morgan fingerprint density at radius 3 is 2.59 bits per heavy atom. The summed E-state index contributed by atoms with van der Waals surface area (Å²) in [5, 5.41) is 15.5. The van der Waals surface area contributed by atoms with Crippen molar-refractivity contribution >= 4 is 17.2 Å². The fourth-order valence-electron chi connectivity index (χ4n) is 3.10. The zero-order valence-corrected chi connectivity index (χ0v) is 16.1. The van der Waals surface area contributed by atoms with Gasteiger partial charge in [0.15, 0.2) is 11.3 Å². The van der Waals surface area contributed by atoms with Crippen molar-refractivity contribution in [2.45, 2.75) is 13.8 Å². The van der Waals surface area contributed by atoms with Crippen molar-refractivity contribution in [1.82, 2.24) is 19.8 Å². The summed E-state index contributed by atoms with van der Waals surface area (Å²) in [6.45, 7) is 3.67. The van der Waals surface area contributed by atoms with Gasteiger partial charge in [-0.15, -0.1) is 10.2 Å². The Bertz CT molecular complexity index is 1220. The Labute approximate surface area is 166 Å². The number of carbonyl (C=O) groups is 1. The van der Waals surface area contributed by atoms with Gasteiger partial charge in [0.1, 0.15) is 11.6 Å². The molecule has 0 saturated carbocycles. The fraction of sp³-hybridized carbons (Fsp3) is 0.143. The number of fused-ring (bicyclic) bond motifs is 1. The molecule has 0 spiro atoms. The molecule has 0 aliphatic rings. The van der Waals surface area contributed by atoms with Crippen LogP contribution in [-0.2, 0) is 0 Å². The van der Waals surface area contributed by atoms with E-state index in [0.29, 0.717) is 28.3 Å². The molecule has 7 nitrogen and oxygen atoms in total.